The van der Waals surface area contributed by atoms with E-state index in [9.17, 15) is 32.9 Å². The molecule has 0 fully saturated rings. The lowest BCUT2D eigenvalue weighted by molar-refractivity contribution is -0.384. The van der Waals surface area contributed by atoms with Crippen molar-refractivity contribution in [2.24, 2.45) is 0 Å². The Labute approximate surface area is 168 Å². The van der Waals surface area contributed by atoms with Crippen molar-refractivity contribution >= 4 is 23.3 Å². The number of rotatable bonds is 5. The number of anilines is 1. The second-order valence-electron chi connectivity index (χ2n) is 6.87. The lowest BCUT2D eigenvalue weighted by atomic mass is 10.2. The predicted molar refractivity (Wildman–Crippen MR) is 97.3 cm³/mol. The molecule has 1 amide bonds. The number of ether oxygens (including phenoxy) is 2. The summed E-state index contributed by atoms with van der Waals surface area (Å²) in [5.74, 6) is -3.11. The maximum absolute atomic E-state index is 12.4. The zero-order valence-electron chi connectivity index (χ0n) is 15.9. The molecule has 2 rings (SSSR count). The summed E-state index contributed by atoms with van der Waals surface area (Å²) in [7, 11) is 0. The normalized spacial score (nSPS) is 11.5. The minimum atomic E-state index is -5.21. The molecule has 160 valence electrons. The monoisotopic (exact) mass is 427 g/mol. The fraction of sp³-hybridized carbons (Fsp3) is 0.278. The van der Waals surface area contributed by atoms with E-state index in [2.05, 4.69) is 4.98 Å². The third-order valence-corrected chi connectivity index (χ3v) is 3.25. The number of hydrogen-bond acceptors (Lipinski definition) is 7. The standard InChI is InChI=1S/C18H16F3N3O6/c1-17(2,3)30-15(25)13-8-11(6-7-22-13)29-10-4-5-12(14(9-10)24(27)28)23-16(26)18(19,20)21/h4-9H,1-3H3,(H,23,26). The van der Waals surface area contributed by atoms with Gasteiger partial charge in [-0.05, 0) is 39.0 Å². The average molecular weight is 427 g/mol. The van der Waals surface area contributed by atoms with Gasteiger partial charge in [0.2, 0.25) is 0 Å². The smallest absolute Gasteiger partial charge is 0.457 e. The molecular weight excluding hydrogens is 411 g/mol. The van der Waals surface area contributed by atoms with Crippen LogP contribution < -0.4 is 10.1 Å². The number of carbonyl (C=O) groups is 2. The molecule has 30 heavy (non-hydrogen) atoms. The molecule has 0 atom stereocenters. The zero-order chi connectivity index (χ0) is 22.7. The number of benzene rings is 1. The van der Waals surface area contributed by atoms with E-state index in [4.69, 9.17) is 9.47 Å². The van der Waals surface area contributed by atoms with Crippen molar-refractivity contribution in [2.45, 2.75) is 32.5 Å². The summed E-state index contributed by atoms with van der Waals surface area (Å²) in [4.78, 5) is 37.2. The van der Waals surface area contributed by atoms with Crippen LogP contribution in [0.15, 0.2) is 36.5 Å². The van der Waals surface area contributed by atoms with Crippen LogP contribution in [0.3, 0.4) is 0 Å². The molecule has 0 saturated heterocycles. The van der Waals surface area contributed by atoms with Crippen LogP contribution in [-0.2, 0) is 9.53 Å². The van der Waals surface area contributed by atoms with E-state index in [1.165, 1.54) is 23.6 Å². The van der Waals surface area contributed by atoms with Crippen molar-refractivity contribution in [3.63, 3.8) is 0 Å². The van der Waals surface area contributed by atoms with E-state index < -0.39 is 40.0 Å². The van der Waals surface area contributed by atoms with Gasteiger partial charge in [-0.1, -0.05) is 0 Å². The van der Waals surface area contributed by atoms with Gasteiger partial charge in [-0.25, -0.2) is 9.78 Å². The second kappa shape index (κ2) is 8.35. The third-order valence-electron chi connectivity index (χ3n) is 3.25. The first-order chi connectivity index (χ1) is 13.8. The second-order valence-corrected chi connectivity index (χ2v) is 6.87. The largest absolute Gasteiger partial charge is 0.471 e. The minimum absolute atomic E-state index is 0.0761. The molecule has 0 radical (unpaired) electrons. The molecule has 0 aliphatic rings. The van der Waals surface area contributed by atoms with Crippen LogP contribution >= 0.6 is 0 Å². The number of hydrogen-bond donors (Lipinski definition) is 1. The molecule has 1 heterocycles. The molecule has 0 aliphatic carbocycles. The molecule has 0 bridgehead atoms. The first-order valence-electron chi connectivity index (χ1n) is 8.30. The van der Waals surface area contributed by atoms with Crippen molar-refractivity contribution in [3.05, 3.63) is 52.3 Å². The van der Waals surface area contributed by atoms with Crippen molar-refractivity contribution in [1.29, 1.82) is 0 Å². The summed E-state index contributed by atoms with van der Waals surface area (Å²) in [6.45, 7) is 5.01. The molecule has 0 saturated carbocycles. The molecule has 0 unspecified atom stereocenters. The lowest BCUT2D eigenvalue weighted by Gasteiger charge is -2.19. The molecule has 1 aromatic carbocycles. The van der Waals surface area contributed by atoms with Crippen LogP contribution in [0.5, 0.6) is 11.5 Å². The molecule has 12 heteroatoms. The third kappa shape index (κ3) is 6.15. The number of carbonyl (C=O) groups excluding carboxylic acids is 2. The first kappa shape index (κ1) is 22.6. The molecule has 0 spiro atoms. The van der Waals surface area contributed by atoms with Crippen molar-refractivity contribution in [3.8, 4) is 11.5 Å². The van der Waals surface area contributed by atoms with Crippen LogP contribution in [0.1, 0.15) is 31.3 Å². The summed E-state index contributed by atoms with van der Waals surface area (Å²) in [6, 6.07) is 5.44. The van der Waals surface area contributed by atoms with Crippen molar-refractivity contribution < 1.29 is 37.2 Å². The van der Waals surface area contributed by atoms with Gasteiger partial charge in [0.1, 0.15) is 22.8 Å². The highest BCUT2D eigenvalue weighted by molar-refractivity contribution is 5.97. The Morgan fingerprint density at radius 2 is 1.73 bits per heavy atom. The summed E-state index contributed by atoms with van der Waals surface area (Å²) in [5.41, 5.74) is -2.30. The van der Waals surface area contributed by atoms with Crippen LogP contribution in [0.2, 0.25) is 0 Å². The van der Waals surface area contributed by atoms with E-state index in [0.717, 1.165) is 18.2 Å². The SMILES string of the molecule is CC(C)(C)OC(=O)c1cc(Oc2ccc(NC(=O)C(F)(F)F)c([N+](=O)[O-])c2)ccn1. The van der Waals surface area contributed by atoms with E-state index >= 15 is 0 Å². The van der Waals surface area contributed by atoms with Crippen molar-refractivity contribution in [2.75, 3.05) is 5.32 Å². The molecule has 1 N–H and O–H groups in total. The quantitative estimate of drug-likeness (QED) is 0.430. The Balaban J connectivity index is 2.26. The number of nitro groups is 1. The lowest BCUT2D eigenvalue weighted by Crippen LogP contribution is -2.30. The molecule has 0 aliphatic heterocycles. The Bertz CT molecular complexity index is 986. The van der Waals surface area contributed by atoms with Crippen molar-refractivity contribution in [1.82, 2.24) is 4.98 Å². The van der Waals surface area contributed by atoms with Gasteiger partial charge >= 0.3 is 18.1 Å². The van der Waals surface area contributed by atoms with Crippen LogP contribution in [0.25, 0.3) is 0 Å². The molecule has 9 nitrogen and oxygen atoms in total. The summed E-state index contributed by atoms with van der Waals surface area (Å²) >= 11 is 0. The Kier molecular flexibility index (Phi) is 6.29. The number of aromatic nitrogens is 1. The number of amides is 1. The van der Waals surface area contributed by atoms with Gasteiger partial charge in [0.25, 0.3) is 5.69 Å². The summed E-state index contributed by atoms with van der Waals surface area (Å²) in [5, 5.41) is 12.6. The number of pyridine rings is 1. The Morgan fingerprint density at radius 3 is 2.30 bits per heavy atom. The highest BCUT2D eigenvalue weighted by Gasteiger charge is 2.39. The molecule has 2 aromatic rings. The number of nitro benzene ring substituents is 1. The Morgan fingerprint density at radius 1 is 1.10 bits per heavy atom. The number of esters is 1. The Hall–Kier alpha value is -3.70. The number of halogens is 3. The maximum Gasteiger partial charge on any atom is 0.471 e. The fourth-order valence-electron chi connectivity index (χ4n) is 2.08. The fourth-order valence-corrected chi connectivity index (χ4v) is 2.08. The van der Waals surface area contributed by atoms with Gasteiger partial charge in [-0.3, -0.25) is 14.9 Å². The van der Waals surface area contributed by atoms with E-state index in [-0.39, 0.29) is 17.2 Å². The highest BCUT2D eigenvalue weighted by Crippen LogP contribution is 2.32. The zero-order valence-corrected chi connectivity index (χ0v) is 15.9. The van der Waals surface area contributed by atoms with Gasteiger partial charge in [0.15, 0.2) is 5.69 Å². The molecule has 1 aromatic heterocycles. The van der Waals surface area contributed by atoms with Crippen LogP contribution in [0, 0.1) is 10.1 Å². The predicted octanol–water partition coefficient (Wildman–Crippen LogP) is 4.24. The number of nitrogens with one attached hydrogen (secondary N) is 1. The van der Waals surface area contributed by atoms with Gasteiger partial charge in [0, 0.05) is 12.3 Å². The summed E-state index contributed by atoms with van der Waals surface area (Å²) in [6.07, 6.45) is -3.96. The van der Waals surface area contributed by atoms with E-state index in [1.807, 2.05) is 0 Å². The van der Waals surface area contributed by atoms with Crippen LogP contribution in [0.4, 0.5) is 24.5 Å². The van der Waals surface area contributed by atoms with E-state index in [0.29, 0.717) is 0 Å². The molecular formula is C18H16F3N3O6. The highest BCUT2D eigenvalue weighted by atomic mass is 19.4. The number of nitrogens with zero attached hydrogens (tertiary/aromatic N) is 2. The average Bonchev–Trinajstić information content (AvgIpc) is 2.60. The van der Waals surface area contributed by atoms with Gasteiger partial charge in [0.05, 0.1) is 11.0 Å². The first-order valence-corrected chi connectivity index (χ1v) is 8.30. The minimum Gasteiger partial charge on any atom is -0.457 e. The van der Waals surface area contributed by atoms with E-state index in [1.54, 1.807) is 20.8 Å². The van der Waals surface area contributed by atoms with Gasteiger partial charge in [-0.2, -0.15) is 13.2 Å². The summed E-state index contributed by atoms with van der Waals surface area (Å²) < 4.78 is 47.8. The van der Waals surface area contributed by atoms with Crippen LogP contribution in [-0.4, -0.2) is 33.6 Å². The number of alkyl halides is 3. The van der Waals surface area contributed by atoms with Gasteiger partial charge in [-0.15, -0.1) is 0 Å². The topological polar surface area (TPSA) is 121 Å². The van der Waals surface area contributed by atoms with Gasteiger partial charge < -0.3 is 14.8 Å². The maximum atomic E-state index is 12.4.